The van der Waals surface area contributed by atoms with E-state index in [9.17, 15) is 4.79 Å². The molecule has 1 aliphatic carbocycles. The van der Waals surface area contributed by atoms with E-state index in [1.54, 1.807) is 0 Å². The van der Waals surface area contributed by atoms with Crippen LogP contribution in [-0.4, -0.2) is 46.2 Å². The third-order valence-corrected chi connectivity index (χ3v) is 4.79. The van der Waals surface area contributed by atoms with Gasteiger partial charge in [-0.15, -0.1) is 0 Å². The lowest BCUT2D eigenvalue weighted by molar-refractivity contribution is -0.122. The van der Waals surface area contributed by atoms with Crippen molar-refractivity contribution in [3.05, 3.63) is 17.7 Å². The first-order chi connectivity index (χ1) is 10.3. The van der Waals surface area contributed by atoms with Crippen LogP contribution in [0.2, 0.25) is 0 Å². The second-order valence-corrected chi connectivity index (χ2v) is 6.30. The summed E-state index contributed by atoms with van der Waals surface area (Å²) < 4.78 is 7.74. The molecule has 1 saturated carbocycles. The van der Waals surface area contributed by atoms with Gasteiger partial charge in [-0.3, -0.25) is 9.69 Å². The predicted molar refractivity (Wildman–Crippen MR) is 76.4 cm³/mol. The molecule has 3 aliphatic rings. The summed E-state index contributed by atoms with van der Waals surface area (Å²) in [7, 11) is 0. The van der Waals surface area contributed by atoms with E-state index in [0.717, 1.165) is 63.6 Å². The molecule has 0 aromatic carbocycles. The number of hydrogen-bond donors (Lipinski definition) is 1. The molecule has 2 aliphatic heterocycles. The number of nitrogens with zero attached hydrogens (tertiary/aromatic N) is 3. The molecule has 21 heavy (non-hydrogen) atoms. The number of fused-ring (bicyclic) bond motifs is 1. The number of nitrogens with one attached hydrogen (secondary N) is 1. The number of aromatic nitrogens is 2. The van der Waals surface area contributed by atoms with E-state index in [0.29, 0.717) is 12.6 Å². The van der Waals surface area contributed by atoms with E-state index < -0.39 is 0 Å². The van der Waals surface area contributed by atoms with Crippen LogP contribution >= 0.6 is 0 Å². The van der Waals surface area contributed by atoms with Crippen LogP contribution in [0.15, 0.2) is 6.20 Å². The van der Waals surface area contributed by atoms with Gasteiger partial charge in [0.1, 0.15) is 5.82 Å². The van der Waals surface area contributed by atoms with Gasteiger partial charge in [0.15, 0.2) is 0 Å². The summed E-state index contributed by atoms with van der Waals surface area (Å²) in [5.74, 6) is 1.58. The fourth-order valence-electron chi connectivity index (χ4n) is 3.27. The molecule has 4 rings (SSSR count). The third kappa shape index (κ3) is 2.70. The summed E-state index contributed by atoms with van der Waals surface area (Å²) in [5, 5.41) is 3.03. The fourth-order valence-corrected chi connectivity index (χ4v) is 3.27. The number of imidazole rings is 1. The zero-order chi connectivity index (χ0) is 14.2. The van der Waals surface area contributed by atoms with Crippen molar-refractivity contribution in [2.24, 2.45) is 5.92 Å². The smallest absolute Gasteiger partial charge is 0.223 e. The van der Waals surface area contributed by atoms with Gasteiger partial charge < -0.3 is 14.6 Å². The molecule has 1 saturated heterocycles. The van der Waals surface area contributed by atoms with Gasteiger partial charge in [-0.2, -0.15) is 0 Å². The number of rotatable bonds is 4. The van der Waals surface area contributed by atoms with E-state index in [2.05, 4.69) is 19.8 Å². The quantitative estimate of drug-likeness (QED) is 0.878. The van der Waals surface area contributed by atoms with Crippen molar-refractivity contribution < 1.29 is 9.53 Å². The molecule has 1 aromatic rings. The Morgan fingerprint density at radius 2 is 2.29 bits per heavy atom. The van der Waals surface area contributed by atoms with Crippen molar-refractivity contribution in [1.29, 1.82) is 0 Å². The molecule has 6 nitrogen and oxygen atoms in total. The molecule has 1 aromatic heterocycles. The van der Waals surface area contributed by atoms with Gasteiger partial charge in [0.05, 0.1) is 31.6 Å². The molecule has 0 spiro atoms. The Morgan fingerprint density at radius 3 is 3.05 bits per heavy atom. The first kappa shape index (κ1) is 13.3. The maximum Gasteiger partial charge on any atom is 0.223 e. The number of carbonyl (C=O) groups excluding carboxylic acids is 1. The van der Waals surface area contributed by atoms with Gasteiger partial charge in [-0.1, -0.05) is 0 Å². The van der Waals surface area contributed by atoms with E-state index in [-0.39, 0.29) is 11.8 Å². The van der Waals surface area contributed by atoms with Crippen molar-refractivity contribution in [3.8, 4) is 0 Å². The molecule has 1 N–H and O–H groups in total. The molecule has 0 radical (unpaired) electrons. The van der Waals surface area contributed by atoms with Crippen molar-refractivity contribution in [2.75, 3.05) is 19.8 Å². The summed E-state index contributed by atoms with van der Waals surface area (Å²) in [4.78, 5) is 18.8. The summed E-state index contributed by atoms with van der Waals surface area (Å²) in [6, 6.07) is 0.550. The average Bonchev–Trinajstić information content (AvgIpc) is 3.07. The standard InChI is InChI=1S/C15H22N4O2/c20-15(11-1-2-11)17-8-13-7-16-14-9-18(4-5-19(13)14)12-3-6-21-10-12/h7,11-12H,1-6,8-10H2,(H,17,20). The van der Waals surface area contributed by atoms with Crippen molar-refractivity contribution in [1.82, 2.24) is 19.8 Å². The normalized spacial score (nSPS) is 25.8. The van der Waals surface area contributed by atoms with Crippen LogP contribution in [0.1, 0.15) is 30.8 Å². The monoisotopic (exact) mass is 290 g/mol. The molecule has 3 heterocycles. The van der Waals surface area contributed by atoms with Crippen LogP contribution in [0.3, 0.4) is 0 Å². The molecular formula is C15H22N4O2. The summed E-state index contributed by atoms with van der Waals surface area (Å²) >= 11 is 0. The van der Waals surface area contributed by atoms with E-state index in [4.69, 9.17) is 4.74 Å². The number of ether oxygens (including phenoxy) is 1. The zero-order valence-electron chi connectivity index (χ0n) is 12.3. The van der Waals surface area contributed by atoms with E-state index in [1.165, 1.54) is 0 Å². The molecule has 6 heteroatoms. The van der Waals surface area contributed by atoms with Crippen LogP contribution in [-0.2, 0) is 29.2 Å². The summed E-state index contributed by atoms with van der Waals surface area (Å²) in [5.41, 5.74) is 1.13. The Morgan fingerprint density at radius 1 is 1.38 bits per heavy atom. The zero-order valence-corrected chi connectivity index (χ0v) is 12.3. The van der Waals surface area contributed by atoms with Gasteiger partial charge in [0.2, 0.25) is 5.91 Å². The van der Waals surface area contributed by atoms with Crippen LogP contribution in [0.4, 0.5) is 0 Å². The van der Waals surface area contributed by atoms with Crippen molar-refractivity contribution in [2.45, 2.75) is 44.9 Å². The molecule has 1 atom stereocenters. The molecule has 1 amide bonds. The number of carbonyl (C=O) groups is 1. The highest BCUT2D eigenvalue weighted by Crippen LogP contribution is 2.29. The third-order valence-electron chi connectivity index (χ3n) is 4.79. The molecule has 0 bridgehead atoms. The van der Waals surface area contributed by atoms with Gasteiger partial charge in [0, 0.05) is 31.7 Å². The molecule has 114 valence electrons. The largest absolute Gasteiger partial charge is 0.380 e. The number of hydrogen-bond acceptors (Lipinski definition) is 4. The van der Waals surface area contributed by atoms with Crippen LogP contribution in [0.5, 0.6) is 0 Å². The second kappa shape index (κ2) is 5.42. The first-order valence-electron chi connectivity index (χ1n) is 7.94. The van der Waals surface area contributed by atoms with Gasteiger partial charge in [-0.25, -0.2) is 4.98 Å². The SMILES string of the molecule is O=C(NCc1cnc2n1CCN(C1CCOC1)C2)C1CC1. The highest BCUT2D eigenvalue weighted by atomic mass is 16.5. The Bertz CT molecular complexity index is 532. The Hall–Kier alpha value is -1.40. The first-order valence-corrected chi connectivity index (χ1v) is 7.94. The van der Waals surface area contributed by atoms with Crippen molar-refractivity contribution in [3.63, 3.8) is 0 Å². The lowest BCUT2D eigenvalue weighted by Gasteiger charge is -2.32. The molecule has 1 unspecified atom stereocenters. The predicted octanol–water partition coefficient (Wildman–Crippen LogP) is 0.514. The molecular weight excluding hydrogens is 268 g/mol. The van der Waals surface area contributed by atoms with Crippen molar-refractivity contribution >= 4 is 5.91 Å². The minimum absolute atomic E-state index is 0.200. The van der Waals surface area contributed by atoms with Gasteiger partial charge in [-0.05, 0) is 19.3 Å². The Balaban J connectivity index is 1.39. The number of amides is 1. The van der Waals surface area contributed by atoms with Crippen LogP contribution < -0.4 is 5.32 Å². The lowest BCUT2D eigenvalue weighted by atomic mass is 10.2. The average molecular weight is 290 g/mol. The maximum absolute atomic E-state index is 11.7. The topological polar surface area (TPSA) is 59.4 Å². The fraction of sp³-hybridized carbons (Fsp3) is 0.733. The van der Waals surface area contributed by atoms with E-state index in [1.807, 2.05) is 6.20 Å². The highest BCUT2D eigenvalue weighted by molar-refractivity contribution is 5.80. The van der Waals surface area contributed by atoms with E-state index >= 15 is 0 Å². The van der Waals surface area contributed by atoms with Crippen LogP contribution in [0.25, 0.3) is 0 Å². The Kier molecular flexibility index (Phi) is 3.43. The summed E-state index contributed by atoms with van der Waals surface area (Å²) in [6.07, 6.45) is 5.14. The molecule has 2 fully saturated rings. The summed E-state index contributed by atoms with van der Waals surface area (Å²) in [6.45, 7) is 5.24. The minimum atomic E-state index is 0.200. The van der Waals surface area contributed by atoms with Crippen LogP contribution in [0, 0.1) is 5.92 Å². The maximum atomic E-state index is 11.7. The van der Waals surface area contributed by atoms with Gasteiger partial charge in [0.25, 0.3) is 0 Å². The van der Waals surface area contributed by atoms with Gasteiger partial charge >= 0.3 is 0 Å². The second-order valence-electron chi connectivity index (χ2n) is 6.30. The Labute approximate surface area is 124 Å². The highest BCUT2D eigenvalue weighted by Gasteiger charge is 2.30. The lowest BCUT2D eigenvalue weighted by Crippen LogP contribution is -2.42. The minimum Gasteiger partial charge on any atom is -0.380 e.